The smallest absolute Gasteiger partial charge is 0.142 e. The highest BCUT2D eigenvalue weighted by Gasteiger charge is 2.03. The Kier molecular flexibility index (Phi) is 2.33. The summed E-state index contributed by atoms with van der Waals surface area (Å²) in [6, 6.07) is 4.90. The number of anilines is 1. The predicted molar refractivity (Wildman–Crippen MR) is 56.6 cm³/mol. The molecule has 4 heteroatoms. The Morgan fingerprint density at radius 2 is 2.07 bits per heavy atom. The van der Waals surface area contributed by atoms with Gasteiger partial charge in [-0.15, -0.1) is 0 Å². The van der Waals surface area contributed by atoms with Crippen LogP contribution in [0.15, 0.2) is 30.6 Å². The summed E-state index contributed by atoms with van der Waals surface area (Å²) in [5.74, 6) is -0.372. The Morgan fingerprint density at radius 1 is 1.27 bits per heavy atom. The second-order valence-electron chi connectivity index (χ2n) is 3.26. The lowest BCUT2D eigenvalue weighted by molar-refractivity contribution is 0.622. The van der Waals surface area contributed by atoms with E-state index in [9.17, 15) is 4.39 Å². The number of halogens is 1. The molecule has 2 rings (SSSR count). The number of hydrogen-bond donors (Lipinski definition) is 1. The number of nitrogens with zero attached hydrogens (tertiary/aromatic N) is 2. The van der Waals surface area contributed by atoms with E-state index >= 15 is 0 Å². The van der Waals surface area contributed by atoms with Gasteiger partial charge in [-0.05, 0) is 25.1 Å². The molecule has 0 aromatic carbocycles. The standard InChI is InChI=1S/C11H10FN3/c1-7-10(13)2-3-11(15-7)8-4-9(12)6-14-5-8/h2-6H,13H2,1H3. The molecule has 0 aliphatic rings. The summed E-state index contributed by atoms with van der Waals surface area (Å²) in [6.07, 6.45) is 2.73. The van der Waals surface area contributed by atoms with E-state index in [4.69, 9.17) is 5.73 Å². The van der Waals surface area contributed by atoms with Crippen molar-refractivity contribution in [3.63, 3.8) is 0 Å². The first-order valence-electron chi connectivity index (χ1n) is 4.51. The molecule has 0 spiro atoms. The molecule has 15 heavy (non-hydrogen) atoms. The van der Waals surface area contributed by atoms with Crippen LogP contribution in [0.2, 0.25) is 0 Å². The van der Waals surface area contributed by atoms with E-state index in [2.05, 4.69) is 9.97 Å². The fourth-order valence-electron chi connectivity index (χ4n) is 1.28. The summed E-state index contributed by atoms with van der Waals surface area (Å²) < 4.78 is 12.9. The van der Waals surface area contributed by atoms with Crippen LogP contribution in [-0.4, -0.2) is 9.97 Å². The predicted octanol–water partition coefficient (Wildman–Crippen LogP) is 2.17. The van der Waals surface area contributed by atoms with Crippen LogP contribution >= 0.6 is 0 Å². The first kappa shape index (κ1) is 9.58. The molecule has 2 aromatic heterocycles. The van der Waals surface area contributed by atoms with Crippen molar-refractivity contribution in [3.05, 3.63) is 42.1 Å². The van der Waals surface area contributed by atoms with Gasteiger partial charge in [-0.25, -0.2) is 4.39 Å². The Morgan fingerprint density at radius 3 is 2.73 bits per heavy atom. The van der Waals surface area contributed by atoms with Crippen molar-refractivity contribution in [1.29, 1.82) is 0 Å². The van der Waals surface area contributed by atoms with E-state index in [0.29, 0.717) is 16.9 Å². The molecule has 2 aromatic rings. The minimum atomic E-state index is -0.372. The van der Waals surface area contributed by atoms with Crippen molar-refractivity contribution >= 4 is 5.69 Å². The first-order chi connectivity index (χ1) is 7.16. The molecular formula is C11H10FN3. The number of rotatable bonds is 1. The van der Waals surface area contributed by atoms with Crippen molar-refractivity contribution in [2.45, 2.75) is 6.92 Å². The summed E-state index contributed by atoms with van der Waals surface area (Å²) in [7, 11) is 0. The second kappa shape index (κ2) is 3.65. The van der Waals surface area contributed by atoms with Crippen molar-refractivity contribution in [1.82, 2.24) is 9.97 Å². The monoisotopic (exact) mass is 203 g/mol. The van der Waals surface area contributed by atoms with Crippen LogP contribution < -0.4 is 5.73 Å². The third-order valence-corrected chi connectivity index (χ3v) is 2.13. The average molecular weight is 203 g/mol. The van der Waals surface area contributed by atoms with E-state index in [0.717, 1.165) is 11.9 Å². The highest BCUT2D eigenvalue weighted by atomic mass is 19.1. The van der Waals surface area contributed by atoms with Gasteiger partial charge in [0.1, 0.15) is 5.82 Å². The molecule has 0 amide bonds. The molecule has 76 valence electrons. The maximum Gasteiger partial charge on any atom is 0.142 e. The Bertz CT molecular complexity index is 497. The van der Waals surface area contributed by atoms with Gasteiger partial charge >= 0.3 is 0 Å². The first-order valence-corrected chi connectivity index (χ1v) is 4.51. The van der Waals surface area contributed by atoms with Crippen molar-refractivity contribution < 1.29 is 4.39 Å². The maximum absolute atomic E-state index is 12.9. The molecule has 0 unspecified atom stereocenters. The molecule has 2 heterocycles. The lowest BCUT2D eigenvalue weighted by Gasteiger charge is -2.03. The zero-order valence-corrected chi connectivity index (χ0v) is 8.24. The van der Waals surface area contributed by atoms with Crippen LogP contribution in [0.25, 0.3) is 11.3 Å². The Labute approximate surface area is 86.8 Å². The van der Waals surface area contributed by atoms with Gasteiger partial charge in [-0.2, -0.15) is 0 Å². The van der Waals surface area contributed by atoms with E-state index in [1.807, 2.05) is 6.92 Å². The number of hydrogen-bond acceptors (Lipinski definition) is 3. The van der Waals surface area contributed by atoms with Gasteiger partial charge in [-0.1, -0.05) is 0 Å². The minimum Gasteiger partial charge on any atom is -0.397 e. The zero-order chi connectivity index (χ0) is 10.8. The number of nitrogens with two attached hydrogens (primary N) is 1. The summed E-state index contributed by atoms with van der Waals surface area (Å²) in [5, 5.41) is 0. The molecule has 0 fully saturated rings. The van der Waals surface area contributed by atoms with Crippen molar-refractivity contribution in [3.8, 4) is 11.3 Å². The fourth-order valence-corrected chi connectivity index (χ4v) is 1.28. The SMILES string of the molecule is Cc1nc(-c2cncc(F)c2)ccc1N. The van der Waals surface area contributed by atoms with Crippen LogP contribution in [0.5, 0.6) is 0 Å². The maximum atomic E-state index is 12.9. The van der Waals surface area contributed by atoms with Gasteiger partial charge in [0.25, 0.3) is 0 Å². The fraction of sp³-hybridized carbons (Fsp3) is 0.0909. The zero-order valence-electron chi connectivity index (χ0n) is 8.24. The third kappa shape index (κ3) is 1.93. The number of aryl methyl sites for hydroxylation is 1. The third-order valence-electron chi connectivity index (χ3n) is 2.13. The van der Waals surface area contributed by atoms with Gasteiger partial charge in [0, 0.05) is 11.8 Å². The summed E-state index contributed by atoms with van der Waals surface area (Å²) in [6.45, 7) is 1.81. The van der Waals surface area contributed by atoms with Gasteiger partial charge in [-0.3, -0.25) is 9.97 Å². The molecule has 2 N–H and O–H groups in total. The van der Waals surface area contributed by atoms with Crippen molar-refractivity contribution in [2.75, 3.05) is 5.73 Å². The lowest BCUT2D eigenvalue weighted by atomic mass is 10.1. The number of aromatic nitrogens is 2. The van der Waals surface area contributed by atoms with Crippen molar-refractivity contribution in [2.24, 2.45) is 0 Å². The topological polar surface area (TPSA) is 51.8 Å². The van der Waals surface area contributed by atoms with Gasteiger partial charge in [0.2, 0.25) is 0 Å². The average Bonchev–Trinajstić information content (AvgIpc) is 2.22. The summed E-state index contributed by atoms with van der Waals surface area (Å²) in [4.78, 5) is 8.02. The van der Waals surface area contributed by atoms with Crippen LogP contribution in [0.3, 0.4) is 0 Å². The molecule has 0 aliphatic heterocycles. The molecule has 0 saturated heterocycles. The van der Waals surface area contributed by atoms with Crippen LogP contribution in [0.4, 0.5) is 10.1 Å². The van der Waals surface area contributed by atoms with Gasteiger partial charge < -0.3 is 5.73 Å². The lowest BCUT2D eigenvalue weighted by Crippen LogP contribution is -1.94. The number of pyridine rings is 2. The Balaban J connectivity index is 2.50. The molecule has 0 saturated carbocycles. The van der Waals surface area contributed by atoms with E-state index < -0.39 is 0 Å². The summed E-state index contributed by atoms with van der Waals surface area (Å²) in [5.41, 5.74) is 8.33. The van der Waals surface area contributed by atoms with Crippen LogP contribution in [-0.2, 0) is 0 Å². The van der Waals surface area contributed by atoms with Gasteiger partial charge in [0.05, 0.1) is 23.3 Å². The van der Waals surface area contributed by atoms with E-state index in [1.54, 1.807) is 18.3 Å². The minimum absolute atomic E-state index is 0.372. The largest absolute Gasteiger partial charge is 0.397 e. The quantitative estimate of drug-likeness (QED) is 0.772. The van der Waals surface area contributed by atoms with Crippen LogP contribution in [0.1, 0.15) is 5.69 Å². The highest BCUT2D eigenvalue weighted by Crippen LogP contribution is 2.19. The molecular weight excluding hydrogens is 193 g/mol. The van der Waals surface area contributed by atoms with Gasteiger partial charge in [0.15, 0.2) is 0 Å². The molecule has 0 bridgehead atoms. The Hall–Kier alpha value is -1.97. The number of nitrogen functional groups attached to an aromatic ring is 1. The van der Waals surface area contributed by atoms with E-state index in [1.165, 1.54) is 6.07 Å². The second-order valence-corrected chi connectivity index (χ2v) is 3.26. The molecule has 0 aliphatic carbocycles. The normalized spacial score (nSPS) is 10.3. The molecule has 0 radical (unpaired) electrons. The molecule has 0 atom stereocenters. The summed E-state index contributed by atoms with van der Waals surface area (Å²) >= 11 is 0. The van der Waals surface area contributed by atoms with Crippen LogP contribution in [0, 0.1) is 12.7 Å². The van der Waals surface area contributed by atoms with E-state index in [-0.39, 0.29) is 5.82 Å². The highest BCUT2D eigenvalue weighted by molar-refractivity contribution is 5.60. The molecule has 3 nitrogen and oxygen atoms in total.